The fraction of sp³-hybridized carbons (Fsp3) is 0.130. The first-order valence-electron chi connectivity index (χ1n) is 9.61. The van der Waals surface area contributed by atoms with Crippen LogP contribution in [0.15, 0.2) is 54.1 Å². The lowest BCUT2D eigenvalue weighted by Crippen LogP contribution is -2.29. The van der Waals surface area contributed by atoms with Gasteiger partial charge in [-0.2, -0.15) is 0 Å². The maximum absolute atomic E-state index is 13.2. The lowest BCUT2D eigenvalue weighted by atomic mass is 9.95. The van der Waals surface area contributed by atoms with Gasteiger partial charge in [0.1, 0.15) is 10.6 Å². The van der Waals surface area contributed by atoms with Gasteiger partial charge in [-0.1, -0.05) is 46.7 Å². The van der Waals surface area contributed by atoms with Crippen molar-refractivity contribution in [3.8, 4) is 0 Å². The molecule has 4 rings (SSSR count). The Bertz CT molecular complexity index is 1320. The summed E-state index contributed by atoms with van der Waals surface area (Å²) < 4.78 is 4.78. The molecule has 1 aliphatic rings. The highest BCUT2D eigenvalue weighted by Gasteiger charge is 2.48. The number of methoxy groups -OCH3 is 1. The Kier molecular flexibility index (Phi) is 6.25. The molecule has 33 heavy (non-hydrogen) atoms. The third-order valence-electron chi connectivity index (χ3n) is 5.09. The Balaban J connectivity index is 1.94. The highest BCUT2D eigenvalue weighted by Crippen LogP contribution is 2.44. The van der Waals surface area contributed by atoms with Crippen LogP contribution in [0.4, 0.5) is 5.13 Å². The van der Waals surface area contributed by atoms with E-state index in [1.165, 1.54) is 12.0 Å². The first kappa shape index (κ1) is 23.0. The molecule has 0 unspecified atom stereocenters. The second-order valence-corrected chi connectivity index (χ2v) is 8.98. The van der Waals surface area contributed by atoms with Gasteiger partial charge < -0.3 is 9.84 Å². The number of thiazole rings is 1. The number of carbonyl (C=O) groups is 3. The molecule has 1 amide bonds. The fourth-order valence-corrected chi connectivity index (χ4v) is 4.89. The van der Waals surface area contributed by atoms with Gasteiger partial charge in [0.2, 0.25) is 0 Å². The van der Waals surface area contributed by atoms with Gasteiger partial charge in [0.25, 0.3) is 5.78 Å². The monoisotopic (exact) mass is 502 g/mol. The molecule has 0 bridgehead atoms. The van der Waals surface area contributed by atoms with E-state index in [0.29, 0.717) is 26.9 Å². The van der Waals surface area contributed by atoms with Crippen LogP contribution in [0.1, 0.15) is 32.5 Å². The summed E-state index contributed by atoms with van der Waals surface area (Å²) in [6, 6.07) is 11.8. The summed E-state index contributed by atoms with van der Waals surface area (Å²) in [7, 11) is 1.24. The molecule has 1 saturated heterocycles. The van der Waals surface area contributed by atoms with Crippen molar-refractivity contribution in [2.45, 2.75) is 13.0 Å². The van der Waals surface area contributed by atoms with Crippen molar-refractivity contribution in [2.75, 3.05) is 12.0 Å². The predicted molar refractivity (Wildman–Crippen MR) is 126 cm³/mol. The quantitative estimate of drug-likeness (QED) is 0.228. The Morgan fingerprint density at radius 2 is 1.82 bits per heavy atom. The number of amides is 1. The molecule has 10 heteroatoms. The van der Waals surface area contributed by atoms with Crippen LogP contribution in [0.25, 0.3) is 5.76 Å². The van der Waals surface area contributed by atoms with E-state index >= 15 is 0 Å². The maximum Gasteiger partial charge on any atom is 0.350 e. The average molecular weight is 503 g/mol. The molecule has 2 heterocycles. The number of carbonyl (C=O) groups excluding carboxylic acids is 3. The number of nitrogens with zero attached hydrogens (tertiary/aromatic N) is 2. The molecule has 1 aliphatic heterocycles. The highest BCUT2D eigenvalue weighted by atomic mass is 35.5. The predicted octanol–water partition coefficient (Wildman–Crippen LogP) is 5.17. The van der Waals surface area contributed by atoms with Crippen molar-refractivity contribution < 1.29 is 24.2 Å². The smallest absolute Gasteiger partial charge is 0.350 e. The molecule has 0 aliphatic carbocycles. The Hall–Kier alpha value is -3.20. The minimum atomic E-state index is -1.02. The van der Waals surface area contributed by atoms with Crippen molar-refractivity contribution in [1.82, 2.24) is 4.98 Å². The largest absolute Gasteiger partial charge is 0.507 e. The SMILES string of the molecule is COC(=O)c1sc(N2C(=O)C(=O)C(=C(O)c3ccc(Cl)cc3)[C@H]2c2cccc(Cl)c2)nc1C. The minimum Gasteiger partial charge on any atom is -0.507 e. The number of Topliss-reactive ketones (excluding diaryl/α,β-unsaturated/α-hetero) is 1. The van der Waals surface area contributed by atoms with Crippen LogP contribution in [0, 0.1) is 6.92 Å². The van der Waals surface area contributed by atoms with Crippen LogP contribution < -0.4 is 4.90 Å². The van der Waals surface area contributed by atoms with Crippen LogP contribution in [-0.4, -0.2) is 34.9 Å². The summed E-state index contributed by atoms with van der Waals surface area (Å²) in [5.74, 6) is -2.74. The Morgan fingerprint density at radius 1 is 1.12 bits per heavy atom. The normalized spacial score (nSPS) is 17.5. The van der Waals surface area contributed by atoms with E-state index in [2.05, 4.69) is 4.98 Å². The molecule has 168 valence electrons. The highest BCUT2D eigenvalue weighted by molar-refractivity contribution is 7.17. The number of benzene rings is 2. The molecular weight excluding hydrogens is 487 g/mol. The number of aryl methyl sites for hydroxylation is 1. The lowest BCUT2D eigenvalue weighted by Gasteiger charge is -2.23. The third-order valence-corrected chi connectivity index (χ3v) is 6.71. The van der Waals surface area contributed by atoms with Gasteiger partial charge in [-0.05, 0) is 48.9 Å². The molecule has 3 aromatic rings. The fourth-order valence-electron chi connectivity index (χ4n) is 3.55. The Morgan fingerprint density at radius 3 is 2.45 bits per heavy atom. The van der Waals surface area contributed by atoms with E-state index in [4.69, 9.17) is 27.9 Å². The van der Waals surface area contributed by atoms with Gasteiger partial charge in [0, 0.05) is 15.6 Å². The first-order valence-corrected chi connectivity index (χ1v) is 11.2. The van der Waals surface area contributed by atoms with E-state index in [1.807, 2.05) is 0 Å². The van der Waals surface area contributed by atoms with Crippen LogP contribution in [-0.2, 0) is 14.3 Å². The first-order chi connectivity index (χ1) is 15.7. The molecule has 1 N–H and O–H groups in total. The lowest BCUT2D eigenvalue weighted by molar-refractivity contribution is -0.132. The summed E-state index contributed by atoms with van der Waals surface area (Å²) in [6.45, 7) is 1.60. The van der Waals surface area contributed by atoms with E-state index in [0.717, 1.165) is 11.3 Å². The topological polar surface area (TPSA) is 96.8 Å². The molecule has 7 nitrogen and oxygen atoms in total. The zero-order valence-electron chi connectivity index (χ0n) is 17.3. The molecule has 0 spiro atoms. The van der Waals surface area contributed by atoms with Gasteiger partial charge >= 0.3 is 11.9 Å². The number of ketones is 1. The van der Waals surface area contributed by atoms with Crippen LogP contribution in [0.2, 0.25) is 10.0 Å². The summed E-state index contributed by atoms with van der Waals surface area (Å²) in [6.07, 6.45) is 0. The van der Waals surface area contributed by atoms with Gasteiger partial charge in [0.15, 0.2) is 5.13 Å². The average Bonchev–Trinajstić information content (AvgIpc) is 3.30. The van der Waals surface area contributed by atoms with Gasteiger partial charge in [-0.3, -0.25) is 14.5 Å². The number of esters is 1. The maximum atomic E-state index is 13.2. The van der Waals surface area contributed by atoms with E-state index in [9.17, 15) is 19.5 Å². The summed E-state index contributed by atoms with van der Waals surface area (Å²) in [5.41, 5.74) is 1.03. The summed E-state index contributed by atoms with van der Waals surface area (Å²) >= 11 is 13.0. The Labute approximate surface area is 202 Å². The zero-order chi connectivity index (χ0) is 23.9. The van der Waals surface area contributed by atoms with Gasteiger partial charge in [-0.25, -0.2) is 9.78 Å². The molecule has 1 atom stereocenters. The molecule has 1 aromatic heterocycles. The van der Waals surface area contributed by atoms with Gasteiger partial charge in [-0.15, -0.1) is 0 Å². The van der Waals surface area contributed by atoms with E-state index in [1.54, 1.807) is 55.5 Å². The van der Waals surface area contributed by atoms with Crippen molar-refractivity contribution in [1.29, 1.82) is 0 Å². The number of anilines is 1. The third kappa shape index (κ3) is 4.13. The van der Waals surface area contributed by atoms with Crippen LogP contribution in [0.5, 0.6) is 0 Å². The number of aliphatic hydroxyl groups is 1. The molecular formula is C23H16Cl2N2O5S. The number of hydrogen-bond acceptors (Lipinski definition) is 7. The molecule has 1 fully saturated rings. The van der Waals surface area contributed by atoms with Crippen molar-refractivity contribution in [3.63, 3.8) is 0 Å². The number of aliphatic hydroxyl groups excluding tert-OH is 1. The van der Waals surface area contributed by atoms with Crippen molar-refractivity contribution >= 4 is 63.1 Å². The summed E-state index contributed by atoms with van der Waals surface area (Å²) in [4.78, 5) is 44.1. The van der Waals surface area contributed by atoms with Crippen LogP contribution in [0.3, 0.4) is 0 Å². The standard InChI is InChI=1S/C23H16Cl2N2O5S/c1-11-20(22(31)32-2)33-23(26-11)27-17(13-4-3-5-15(25)10-13)16(19(29)21(27)30)18(28)12-6-8-14(24)9-7-12/h3-10,17,28H,1-2H3/t17-/m1/s1. The number of halogens is 2. The van der Waals surface area contributed by atoms with E-state index < -0.39 is 23.7 Å². The van der Waals surface area contributed by atoms with Gasteiger partial charge in [0.05, 0.1) is 24.4 Å². The molecule has 2 aromatic carbocycles. The van der Waals surface area contributed by atoms with Crippen molar-refractivity contribution in [2.24, 2.45) is 0 Å². The second-order valence-electron chi connectivity index (χ2n) is 7.13. The number of aromatic nitrogens is 1. The van der Waals surface area contributed by atoms with Crippen LogP contribution >= 0.6 is 34.5 Å². The number of hydrogen-bond donors (Lipinski definition) is 1. The number of ether oxygens (including phenoxy) is 1. The zero-order valence-corrected chi connectivity index (χ0v) is 19.7. The second kappa shape index (κ2) is 8.97. The minimum absolute atomic E-state index is 0.120. The van der Waals surface area contributed by atoms with E-state index in [-0.39, 0.29) is 21.3 Å². The number of rotatable bonds is 4. The van der Waals surface area contributed by atoms with Crippen molar-refractivity contribution in [3.05, 3.63) is 85.8 Å². The molecule has 0 radical (unpaired) electrons. The summed E-state index contributed by atoms with van der Waals surface area (Å²) in [5, 5.41) is 12.0. The molecule has 0 saturated carbocycles.